The molecule has 0 atom stereocenters. The third-order valence-electron chi connectivity index (χ3n) is 3.34. The lowest BCUT2D eigenvalue weighted by Crippen LogP contribution is -2.41. The van der Waals surface area contributed by atoms with E-state index in [0.29, 0.717) is 0 Å². The first-order chi connectivity index (χ1) is 12.0. The van der Waals surface area contributed by atoms with Crippen molar-refractivity contribution in [3.05, 3.63) is 77.1 Å². The van der Waals surface area contributed by atoms with Gasteiger partial charge in [-0.3, -0.25) is 20.4 Å². The number of hydrogen-bond donors (Lipinski definition) is 3. The Balaban J connectivity index is 1.66. The number of hydrogen-bond acceptors (Lipinski definition) is 4. The zero-order valence-electron chi connectivity index (χ0n) is 12.8. The highest BCUT2D eigenvalue weighted by Crippen LogP contribution is 2.21. The molecule has 2 aromatic carbocycles. The number of hydrazine groups is 1. The van der Waals surface area contributed by atoms with Gasteiger partial charge in [0.2, 0.25) is 0 Å². The van der Waals surface area contributed by atoms with Gasteiger partial charge in [0.15, 0.2) is 5.69 Å². The maximum absolute atomic E-state index is 12.1. The molecule has 0 bridgehead atoms. The zero-order valence-corrected chi connectivity index (χ0v) is 13.6. The van der Waals surface area contributed by atoms with Crippen LogP contribution >= 0.6 is 11.6 Å². The highest BCUT2D eigenvalue weighted by atomic mass is 35.5. The fraction of sp³-hybridized carbons (Fsp3) is 0. The number of rotatable bonds is 3. The molecule has 3 N–H and O–H groups in total. The number of benzene rings is 2. The fourth-order valence-corrected chi connectivity index (χ4v) is 2.28. The van der Waals surface area contributed by atoms with Crippen molar-refractivity contribution in [3.63, 3.8) is 0 Å². The Morgan fingerprint density at radius 3 is 2.48 bits per heavy atom. The van der Waals surface area contributed by atoms with Crippen molar-refractivity contribution in [1.82, 2.24) is 20.6 Å². The number of aromatic hydroxyl groups is 1. The molecule has 1 aromatic heterocycles. The Morgan fingerprint density at radius 1 is 1.00 bits per heavy atom. The zero-order chi connectivity index (χ0) is 17.8. The summed E-state index contributed by atoms with van der Waals surface area (Å²) in [4.78, 5) is 24.1. The lowest BCUT2D eigenvalue weighted by Gasteiger charge is -2.07. The molecule has 1 heterocycles. The van der Waals surface area contributed by atoms with Crippen LogP contribution in [-0.4, -0.2) is 26.7 Å². The average molecular weight is 357 g/mol. The molecule has 0 unspecified atom stereocenters. The molecule has 0 aliphatic heterocycles. The molecule has 2 amide bonds. The van der Waals surface area contributed by atoms with E-state index in [1.165, 1.54) is 24.3 Å². The molecule has 126 valence electrons. The summed E-state index contributed by atoms with van der Waals surface area (Å²) in [6, 6.07) is 14.8. The molecule has 8 heteroatoms. The Bertz CT molecular complexity index is 925. The molecule has 3 rings (SSSR count). The third kappa shape index (κ3) is 3.78. The molecule has 0 radical (unpaired) electrons. The number of aromatic nitrogens is 2. The summed E-state index contributed by atoms with van der Waals surface area (Å²) in [6.45, 7) is 0. The van der Waals surface area contributed by atoms with E-state index in [-0.39, 0.29) is 22.0 Å². The molecule has 0 aliphatic carbocycles. The first-order valence-electron chi connectivity index (χ1n) is 7.25. The minimum atomic E-state index is -0.698. The van der Waals surface area contributed by atoms with E-state index in [1.54, 1.807) is 10.9 Å². The van der Waals surface area contributed by atoms with E-state index in [0.717, 1.165) is 5.69 Å². The van der Waals surface area contributed by atoms with Gasteiger partial charge < -0.3 is 5.11 Å². The van der Waals surface area contributed by atoms with Gasteiger partial charge in [-0.1, -0.05) is 29.8 Å². The van der Waals surface area contributed by atoms with Crippen LogP contribution in [0.5, 0.6) is 5.75 Å². The lowest BCUT2D eigenvalue weighted by atomic mass is 10.2. The van der Waals surface area contributed by atoms with E-state index < -0.39 is 11.8 Å². The Labute approximate surface area is 147 Å². The summed E-state index contributed by atoms with van der Waals surface area (Å²) in [5.74, 6) is -1.54. The first kappa shape index (κ1) is 16.5. The van der Waals surface area contributed by atoms with Crippen molar-refractivity contribution in [2.75, 3.05) is 0 Å². The van der Waals surface area contributed by atoms with Gasteiger partial charge in [-0.2, -0.15) is 5.10 Å². The second kappa shape index (κ2) is 7.06. The van der Waals surface area contributed by atoms with Crippen molar-refractivity contribution in [2.45, 2.75) is 0 Å². The highest BCUT2D eigenvalue weighted by Gasteiger charge is 2.15. The van der Waals surface area contributed by atoms with Crippen molar-refractivity contribution in [2.24, 2.45) is 0 Å². The van der Waals surface area contributed by atoms with E-state index in [9.17, 15) is 14.7 Å². The van der Waals surface area contributed by atoms with Gasteiger partial charge in [-0.15, -0.1) is 0 Å². The number of phenolic OH excluding ortho intramolecular Hbond substituents is 1. The minimum absolute atomic E-state index is 0.0531. The van der Waals surface area contributed by atoms with Crippen LogP contribution in [0.2, 0.25) is 5.02 Å². The van der Waals surface area contributed by atoms with Gasteiger partial charge in [-0.25, -0.2) is 4.68 Å². The van der Waals surface area contributed by atoms with Crippen LogP contribution in [0.1, 0.15) is 20.8 Å². The smallest absolute Gasteiger partial charge is 0.290 e. The van der Waals surface area contributed by atoms with Gasteiger partial charge in [-0.05, 0) is 36.4 Å². The van der Waals surface area contributed by atoms with Crippen LogP contribution in [0.15, 0.2) is 60.8 Å². The van der Waals surface area contributed by atoms with Crippen LogP contribution in [0.4, 0.5) is 0 Å². The highest BCUT2D eigenvalue weighted by molar-refractivity contribution is 6.31. The Hall–Kier alpha value is -3.32. The van der Waals surface area contributed by atoms with E-state index in [4.69, 9.17) is 11.6 Å². The van der Waals surface area contributed by atoms with Gasteiger partial charge in [0.05, 0.1) is 11.3 Å². The predicted octanol–water partition coefficient (Wildman–Crippen LogP) is 2.31. The number of amides is 2. The summed E-state index contributed by atoms with van der Waals surface area (Å²) < 4.78 is 1.54. The maximum Gasteiger partial charge on any atom is 0.290 e. The molecular formula is C17H13ClN4O3. The Morgan fingerprint density at radius 2 is 1.72 bits per heavy atom. The van der Waals surface area contributed by atoms with Crippen molar-refractivity contribution < 1.29 is 14.7 Å². The van der Waals surface area contributed by atoms with Crippen LogP contribution in [0, 0.1) is 0 Å². The fourth-order valence-electron chi connectivity index (χ4n) is 2.10. The third-order valence-corrected chi connectivity index (χ3v) is 3.57. The molecule has 7 nitrogen and oxygen atoms in total. The predicted molar refractivity (Wildman–Crippen MR) is 91.6 cm³/mol. The monoisotopic (exact) mass is 356 g/mol. The SMILES string of the molecule is O=C(NNC(=O)c1cc(Cl)ccc1O)c1ccn(-c2ccccc2)n1. The molecule has 0 spiro atoms. The van der Waals surface area contributed by atoms with E-state index in [1.807, 2.05) is 30.3 Å². The van der Waals surface area contributed by atoms with Gasteiger partial charge in [0, 0.05) is 11.2 Å². The molecule has 3 aromatic rings. The molecule has 25 heavy (non-hydrogen) atoms. The van der Waals surface area contributed by atoms with Crippen LogP contribution < -0.4 is 10.9 Å². The van der Waals surface area contributed by atoms with Gasteiger partial charge in [0.1, 0.15) is 5.75 Å². The molecule has 0 saturated carbocycles. The first-order valence-corrected chi connectivity index (χ1v) is 7.62. The van der Waals surface area contributed by atoms with E-state index in [2.05, 4.69) is 16.0 Å². The number of phenols is 1. The maximum atomic E-state index is 12.1. The largest absolute Gasteiger partial charge is 0.507 e. The minimum Gasteiger partial charge on any atom is -0.507 e. The Kier molecular flexibility index (Phi) is 4.67. The molecule has 0 aliphatic rings. The summed E-state index contributed by atoms with van der Waals surface area (Å²) in [6.07, 6.45) is 1.63. The molecular weight excluding hydrogens is 344 g/mol. The summed E-state index contributed by atoms with van der Waals surface area (Å²) in [5.41, 5.74) is 5.32. The number of nitrogens with zero attached hydrogens (tertiary/aromatic N) is 2. The molecule has 0 fully saturated rings. The number of para-hydroxylation sites is 1. The topological polar surface area (TPSA) is 96.3 Å². The standard InChI is InChI=1S/C17H13ClN4O3/c18-11-6-7-15(23)13(10-11)16(24)19-20-17(25)14-8-9-22(21-14)12-4-2-1-3-5-12/h1-10,23H,(H,19,24)(H,20,25). The number of nitrogens with one attached hydrogen (secondary N) is 2. The van der Waals surface area contributed by atoms with Crippen LogP contribution in [-0.2, 0) is 0 Å². The normalized spacial score (nSPS) is 10.3. The van der Waals surface area contributed by atoms with Crippen molar-refractivity contribution in [1.29, 1.82) is 0 Å². The van der Waals surface area contributed by atoms with Crippen LogP contribution in [0.3, 0.4) is 0 Å². The van der Waals surface area contributed by atoms with Crippen LogP contribution in [0.25, 0.3) is 5.69 Å². The second-order valence-corrected chi connectivity index (χ2v) is 5.49. The van der Waals surface area contributed by atoms with Gasteiger partial charge >= 0.3 is 0 Å². The summed E-state index contributed by atoms with van der Waals surface area (Å²) in [5, 5.41) is 14.1. The summed E-state index contributed by atoms with van der Waals surface area (Å²) in [7, 11) is 0. The average Bonchev–Trinajstić information content (AvgIpc) is 3.12. The summed E-state index contributed by atoms with van der Waals surface area (Å²) >= 11 is 5.79. The number of halogens is 1. The van der Waals surface area contributed by atoms with Gasteiger partial charge in [0.25, 0.3) is 11.8 Å². The number of carbonyl (C=O) groups excluding carboxylic acids is 2. The molecule has 0 saturated heterocycles. The quantitative estimate of drug-likeness (QED) is 0.627. The lowest BCUT2D eigenvalue weighted by molar-refractivity contribution is 0.0842. The second-order valence-electron chi connectivity index (χ2n) is 5.05. The van der Waals surface area contributed by atoms with Crippen molar-refractivity contribution >= 4 is 23.4 Å². The van der Waals surface area contributed by atoms with Crippen molar-refractivity contribution in [3.8, 4) is 11.4 Å². The van der Waals surface area contributed by atoms with E-state index >= 15 is 0 Å². The number of carbonyl (C=O) groups is 2.